The Morgan fingerprint density at radius 2 is 1.82 bits per heavy atom. The summed E-state index contributed by atoms with van der Waals surface area (Å²) in [6.45, 7) is 3.10. The predicted octanol–water partition coefficient (Wildman–Crippen LogP) is 3.62. The van der Waals surface area contributed by atoms with Crippen molar-refractivity contribution in [3.63, 3.8) is 0 Å². The predicted molar refractivity (Wildman–Crippen MR) is 128 cm³/mol. The average Bonchev–Trinajstić information content (AvgIpc) is 3.07. The van der Waals surface area contributed by atoms with Crippen molar-refractivity contribution in [2.45, 2.75) is 13.8 Å². The fourth-order valence-corrected chi connectivity index (χ4v) is 3.83. The standard InChI is InChI=1S/C24H24N2O7S/c1-4-32-22(28)13-26-23(29)20(34-24(26)30)12-16-7-10-18(19(11-16)31-3)33-14-21(27)25-17-8-5-15(2)6-9-17/h5-12H,4,13-14H2,1-3H3,(H,25,27)/b20-12+. The summed E-state index contributed by atoms with van der Waals surface area (Å²) in [5.74, 6) is -0.863. The van der Waals surface area contributed by atoms with Crippen molar-refractivity contribution in [1.29, 1.82) is 0 Å². The molecule has 2 aromatic rings. The third-order valence-electron chi connectivity index (χ3n) is 4.65. The van der Waals surface area contributed by atoms with Crippen molar-refractivity contribution < 1.29 is 33.4 Å². The van der Waals surface area contributed by atoms with Crippen molar-refractivity contribution in [3.8, 4) is 11.5 Å². The van der Waals surface area contributed by atoms with Gasteiger partial charge in [0.05, 0.1) is 18.6 Å². The first-order valence-electron chi connectivity index (χ1n) is 10.4. The molecule has 1 saturated heterocycles. The van der Waals surface area contributed by atoms with Gasteiger partial charge < -0.3 is 19.5 Å². The van der Waals surface area contributed by atoms with Gasteiger partial charge in [-0.25, -0.2) is 0 Å². The molecular weight excluding hydrogens is 460 g/mol. The third-order valence-corrected chi connectivity index (χ3v) is 5.55. The smallest absolute Gasteiger partial charge is 0.326 e. The second kappa shape index (κ2) is 11.4. The lowest BCUT2D eigenvalue weighted by Gasteiger charge is -2.12. The minimum atomic E-state index is -0.652. The van der Waals surface area contributed by atoms with E-state index < -0.39 is 23.7 Å². The van der Waals surface area contributed by atoms with Gasteiger partial charge in [0.25, 0.3) is 17.1 Å². The minimum absolute atomic E-state index is 0.159. The van der Waals surface area contributed by atoms with E-state index in [1.807, 2.05) is 19.1 Å². The normalized spacial score (nSPS) is 14.3. The summed E-state index contributed by atoms with van der Waals surface area (Å²) in [7, 11) is 1.45. The maximum Gasteiger partial charge on any atom is 0.326 e. The van der Waals surface area contributed by atoms with E-state index in [1.54, 1.807) is 37.3 Å². The van der Waals surface area contributed by atoms with Crippen LogP contribution in [0, 0.1) is 6.92 Å². The fraction of sp³-hybridized carbons (Fsp3) is 0.250. The molecule has 9 nitrogen and oxygen atoms in total. The summed E-state index contributed by atoms with van der Waals surface area (Å²) in [5.41, 5.74) is 2.33. The molecule has 0 unspecified atom stereocenters. The van der Waals surface area contributed by atoms with Gasteiger partial charge in [-0.05, 0) is 61.5 Å². The summed E-state index contributed by atoms with van der Waals surface area (Å²) in [6, 6.07) is 12.3. The Kier molecular flexibility index (Phi) is 8.31. The number of nitrogens with zero attached hydrogens (tertiary/aromatic N) is 1. The van der Waals surface area contributed by atoms with Gasteiger partial charge in [0.1, 0.15) is 6.54 Å². The number of aryl methyl sites for hydroxylation is 1. The van der Waals surface area contributed by atoms with Gasteiger partial charge in [0.15, 0.2) is 18.1 Å². The van der Waals surface area contributed by atoms with Crippen LogP contribution >= 0.6 is 11.8 Å². The van der Waals surface area contributed by atoms with E-state index in [-0.39, 0.29) is 24.0 Å². The van der Waals surface area contributed by atoms with Crippen LogP contribution in [0.4, 0.5) is 10.5 Å². The monoisotopic (exact) mass is 484 g/mol. The number of hydrogen-bond donors (Lipinski definition) is 1. The number of nitrogens with one attached hydrogen (secondary N) is 1. The SMILES string of the molecule is CCOC(=O)CN1C(=O)S/C(=C/c2ccc(OCC(=O)Nc3ccc(C)cc3)c(OC)c2)C1=O. The number of benzene rings is 2. The lowest BCUT2D eigenvalue weighted by Crippen LogP contribution is -2.34. The third kappa shape index (κ3) is 6.38. The molecule has 3 rings (SSSR count). The zero-order valence-corrected chi connectivity index (χ0v) is 19.8. The van der Waals surface area contributed by atoms with Gasteiger partial charge in [-0.3, -0.25) is 24.1 Å². The molecule has 0 spiro atoms. The molecule has 0 aliphatic carbocycles. The molecule has 10 heteroatoms. The molecule has 0 bridgehead atoms. The average molecular weight is 485 g/mol. The number of carbonyl (C=O) groups excluding carboxylic acids is 4. The second-order valence-corrected chi connectivity index (χ2v) is 8.18. The van der Waals surface area contributed by atoms with E-state index in [1.165, 1.54) is 13.2 Å². The van der Waals surface area contributed by atoms with Gasteiger partial charge in [0.2, 0.25) is 0 Å². The van der Waals surface area contributed by atoms with E-state index in [0.717, 1.165) is 22.2 Å². The number of methoxy groups -OCH3 is 1. The molecule has 2 aromatic carbocycles. The van der Waals surface area contributed by atoms with E-state index in [2.05, 4.69) is 5.32 Å². The van der Waals surface area contributed by atoms with Crippen molar-refractivity contribution >= 4 is 46.5 Å². The molecule has 0 saturated carbocycles. The van der Waals surface area contributed by atoms with Crippen molar-refractivity contribution in [1.82, 2.24) is 4.90 Å². The van der Waals surface area contributed by atoms with Gasteiger partial charge >= 0.3 is 5.97 Å². The van der Waals surface area contributed by atoms with Crippen LogP contribution < -0.4 is 14.8 Å². The fourth-order valence-electron chi connectivity index (χ4n) is 2.99. The van der Waals surface area contributed by atoms with Crippen LogP contribution in [0.2, 0.25) is 0 Å². The highest BCUT2D eigenvalue weighted by molar-refractivity contribution is 8.18. The Labute approximate surface area is 201 Å². The first kappa shape index (κ1) is 24.8. The Morgan fingerprint density at radius 3 is 2.50 bits per heavy atom. The number of hydrogen-bond acceptors (Lipinski definition) is 8. The number of amides is 3. The number of carbonyl (C=O) groups is 4. The summed E-state index contributed by atoms with van der Waals surface area (Å²) in [6.07, 6.45) is 1.52. The first-order valence-corrected chi connectivity index (χ1v) is 11.2. The zero-order valence-electron chi connectivity index (χ0n) is 19.0. The summed E-state index contributed by atoms with van der Waals surface area (Å²) < 4.78 is 15.7. The summed E-state index contributed by atoms with van der Waals surface area (Å²) in [5, 5.41) is 2.20. The van der Waals surface area contributed by atoms with Gasteiger partial charge in [0, 0.05) is 5.69 Å². The summed E-state index contributed by atoms with van der Waals surface area (Å²) in [4.78, 5) is 49.5. The highest BCUT2D eigenvalue weighted by Crippen LogP contribution is 2.34. The van der Waals surface area contributed by atoms with E-state index in [4.69, 9.17) is 14.2 Å². The number of esters is 1. The van der Waals surface area contributed by atoms with Crippen LogP contribution in [-0.4, -0.2) is 54.8 Å². The molecular formula is C24H24N2O7S. The van der Waals surface area contributed by atoms with Crippen molar-refractivity contribution in [3.05, 3.63) is 58.5 Å². The van der Waals surface area contributed by atoms with Gasteiger partial charge in [-0.2, -0.15) is 0 Å². The van der Waals surface area contributed by atoms with Crippen LogP contribution in [0.3, 0.4) is 0 Å². The Bertz CT molecular complexity index is 1130. The molecule has 0 atom stereocenters. The van der Waals surface area contributed by atoms with Crippen LogP contribution in [0.1, 0.15) is 18.1 Å². The highest BCUT2D eigenvalue weighted by atomic mass is 32.2. The lowest BCUT2D eigenvalue weighted by atomic mass is 10.2. The lowest BCUT2D eigenvalue weighted by molar-refractivity contribution is -0.146. The second-order valence-electron chi connectivity index (χ2n) is 7.19. The Morgan fingerprint density at radius 1 is 1.09 bits per heavy atom. The van der Waals surface area contributed by atoms with E-state index >= 15 is 0 Å². The molecule has 1 aliphatic heterocycles. The number of rotatable bonds is 9. The number of thioether (sulfide) groups is 1. The van der Waals surface area contributed by atoms with Gasteiger partial charge in [-0.15, -0.1) is 0 Å². The molecule has 1 aliphatic rings. The van der Waals surface area contributed by atoms with E-state index in [0.29, 0.717) is 22.7 Å². The van der Waals surface area contributed by atoms with Crippen LogP contribution in [0.25, 0.3) is 6.08 Å². The van der Waals surface area contributed by atoms with Crippen molar-refractivity contribution in [2.75, 3.05) is 32.2 Å². The Balaban J connectivity index is 1.65. The molecule has 1 fully saturated rings. The van der Waals surface area contributed by atoms with Gasteiger partial charge in [-0.1, -0.05) is 23.8 Å². The van der Waals surface area contributed by atoms with Crippen LogP contribution in [-0.2, 0) is 19.1 Å². The summed E-state index contributed by atoms with van der Waals surface area (Å²) >= 11 is 0.736. The Hall–Kier alpha value is -3.79. The number of anilines is 1. The highest BCUT2D eigenvalue weighted by Gasteiger charge is 2.36. The molecule has 1 heterocycles. The van der Waals surface area contributed by atoms with Crippen LogP contribution in [0.15, 0.2) is 47.4 Å². The molecule has 34 heavy (non-hydrogen) atoms. The largest absolute Gasteiger partial charge is 0.493 e. The topological polar surface area (TPSA) is 111 Å². The molecule has 0 aromatic heterocycles. The quantitative estimate of drug-likeness (QED) is 0.424. The maximum absolute atomic E-state index is 12.5. The number of ether oxygens (including phenoxy) is 3. The molecule has 178 valence electrons. The maximum atomic E-state index is 12.5. The molecule has 3 amide bonds. The van der Waals surface area contributed by atoms with Crippen LogP contribution in [0.5, 0.6) is 11.5 Å². The number of imide groups is 1. The van der Waals surface area contributed by atoms with E-state index in [9.17, 15) is 19.2 Å². The molecule has 0 radical (unpaired) electrons. The zero-order chi connectivity index (χ0) is 24.7. The minimum Gasteiger partial charge on any atom is -0.493 e. The first-order chi connectivity index (χ1) is 16.3. The molecule has 1 N–H and O–H groups in total. The van der Waals surface area contributed by atoms with Crippen molar-refractivity contribution in [2.24, 2.45) is 0 Å².